The number of carboxylic acids is 1. The number of rotatable bonds is 8. The summed E-state index contributed by atoms with van der Waals surface area (Å²) in [7, 11) is 0. The van der Waals surface area contributed by atoms with Gasteiger partial charge in [0.15, 0.2) is 0 Å². The number of hydrogen-bond donors (Lipinski definition) is 2. The van der Waals surface area contributed by atoms with Gasteiger partial charge < -0.3 is 15.2 Å². The number of nitrogens with one attached hydrogen (secondary N) is 1. The summed E-state index contributed by atoms with van der Waals surface area (Å²) in [6, 6.07) is 17.1. The standard InChI is InChI=1S/C23H27NO3.ClH/c25-22(26)14-24-13-19-9-8-18-12-20(27-15-16-6-7-16)10-11-21(18)23(19)17-4-2-1-3-5-17;/h1-5,10-12,16,19,23-24H,6-9,13-15H2,(H,25,26);1H. The van der Waals surface area contributed by atoms with Crippen LogP contribution in [0.15, 0.2) is 48.5 Å². The van der Waals surface area contributed by atoms with Gasteiger partial charge in [0.2, 0.25) is 0 Å². The summed E-state index contributed by atoms with van der Waals surface area (Å²) in [5.41, 5.74) is 4.02. The first-order valence-electron chi connectivity index (χ1n) is 9.94. The van der Waals surface area contributed by atoms with E-state index in [0.29, 0.717) is 12.5 Å². The molecule has 1 saturated carbocycles. The van der Waals surface area contributed by atoms with Gasteiger partial charge in [-0.1, -0.05) is 36.4 Å². The number of aliphatic carboxylic acids is 1. The molecule has 0 aromatic heterocycles. The lowest BCUT2D eigenvalue weighted by Gasteiger charge is -2.34. The van der Waals surface area contributed by atoms with E-state index in [4.69, 9.17) is 9.84 Å². The maximum atomic E-state index is 10.9. The Kier molecular flexibility index (Phi) is 6.97. The van der Waals surface area contributed by atoms with Crippen LogP contribution in [0.3, 0.4) is 0 Å². The van der Waals surface area contributed by atoms with Crippen molar-refractivity contribution in [2.24, 2.45) is 11.8 Å². The Bertz CT molecular complexity index is 792. The summed E-state index contributed by atoms with van der Waals surface area (Å²) in [6.07, 6.45) is 4.65. The molecule has 28 heavy (non-hydrogen) atoms. The molecule has 2 aromatic carbocycles. The largest absolute Gasteiger partial charge is 0.493 e. The number of hydrogen-bond acceptors (Lipinski definition) is 3. The minimum atomic E-state index is -0.806. The third-order valence-corrected chi connectivity index (χ3v) is 5.73. The molecule has 0 spiro atoms. The second kappa shape index (κ2) is 9.44. The van der Waals surface area contributed by atoms with E-state index in [0.717, 1.165) is 31.1 Å². The molecule has 0 aliphatic heterocycles. The highest BCUT2D eigenvalue weighted by atomic mass is 35.5. The van der Waals surface area contributed by atoms with Gasteiger partial charge in [0.25, 0.3) is 0 Å². The van der Waals surface area contributed by atoms with Gasteiger partial charge in [0, 0.05) is 5.92 Å². The van der Waals surface area contributed by atoms with Crippen LogP contribution in [0.1, 0.15) is 41.9 Å². The number of halogens is 1. The summed E-state index contributed by atoms with van der Waals surface area (Å²) in [4.78, 5) is 10.9. The van der Waals surface area contributed by atoms with E-state index in [1.807, 2.05) is 6.07 Å². The molecule has 2 aliphatic rings. The SMILES string of the molecule is Cl.O=C(O)CNCC1CCc2cc(OCC3CC3)ccc2C1c1ccccc1. The molecule has 0 radical (unpaired) electrons. The zero-order valence-electron chi connectivity index (χ0n) is 16.0. The fourth-order valence-corrected chi connectivity index (χ4v) is 4.15. The van der Waals surface area contributed by atoms with Gasteiger partial charge in [-0.3, -0.25) is 4.79 Å². The van der Waals surface area contributed by atoms with Crippen molar-refractivity contribution in [1.29, 1.82) is 0 Å². The van der Waals surface area contributed by atoms with Crippen molar-refractivity contribution in [3.05, 3.63) is 65.2 Å². The van der Waals surface area contributed by atoms with Crippen LogP contribution >= 0.6 is 12.4 Å². The molecule has 4 nitrogen and oxygen atoms in total. The lowest BCUT2D eigenvalue weighted by molar-refractivity contribution is -0.136. The van der Waals surface area contributed by atoms with Gasteiger partial charge in [-0.2, -0.15) is 0 Å². The van der Waals surface area contributed by atoms with Crippen molar-refractivity contribution in [3.63, 3.8) is 0 Å². The molecule has 5 heteroatoms. The minimum absolute atomic E-state index is 0. The predicted molar refractivity (Wildman–Crippen MR) is 113 cm³/mol. The first kappa shape index (κ1) is 20.7. The number of aryl methyl sites for hydroxylation is 1. The van der Waals surface area contributed by atoms with Crippen molar-refractivity contribution >= 4 is 18.4 Å². The Labute approximate surface area is 172 Å². The van der Waals surface area contributed by atoms with E-state index in [1.54, 1.807) is 0 Å². The van der Waals surface area contributed by atoms with Gasteiger partial charge in [0.05, 0.1) is 13.2 Å². The number of carbonyl (C=O) groups is 1. The Morgan fingerprint density at radius 3 is 2.61 bits per heavy atom. The van der Waals surface area contributed by atoms with Gasteiger partial charge >= 0.3 is 5.97 Å². The highest BCUT2D eigenvalue weighted by Crippen LogP contribution is 2.42. The molecule has 2 N–H and O–H groups in total. The molecule has 1 fully saturated rings. The lowest BCUT2D eigenvalue weighted by Crippen LogP contribution is -2.34. The topological polar surface area (TPSA) is 58.6 Å². The summed E-state index contributed by atoms with van der Waals surface area (Å²) in [6.45, 7) is 1.56. The Hall–Kier alpha value is -2.04. The molecule has 2 unspecified atom stereocenters. The molecular formula is C23H28ClNO3. The van der Waals surface area contributed by atoms with Gasteiger partial charge in [0.1, 0.15) is 5.75 Å². The average Bonchev–Trinajstić information content (AvgIpc) is 3.51. The van der Waals surface area contributed by atoms with Crippen LogP contribution in [0.4, 0.5) is 0 Å². The fourth-order valence-electron chi connectivity index (χ4n) is 4.15. The average molecular weight is 402 g/mol. The van der Waals surface area contributed by atoms with Crippen LogP contribution in [0, 0.1) is 11.8 Å². The van der Waals surface area contributed by atoms with Crippen molar-refractivity contribution in [2.75, 3.05) is 19.7 Å². The van der Waals surface area contributed by atoms with Crippen LogP contribution in [0.5, 0.6) is 5.75 Å². The third kappa shape index (κ3) is 5.06. The summed E-state index contributed by atoms with van der Waals surface area (Å²) >= 11 is 0. The number of benzene rings is 2. The van der Waals surface area contributed by atoms with E-state index in [9.17, 15) is 4.79 Å². The van der Waals surface area contributed by atoms with Crippen LogP contribution in [-0.4, -0.2) is 30.8 Å². The molecule has 0 bridgehead atoms. The van der Waals surface area contributed by atoms with Crippen LogP contribution in [0.2, 0.25) is 0 Å². The second-order valence-corrected chi connectivity index (χ2v) is 7.83. The number of ether oxygens (including phenoxy) is 1. The van der Waals surface area contributed by atoms with E-state index in [-0.39, 0.29) is 24.9 Å². The first-order valence-corrected chi connectivity index (χ1v) is 9.94. The smallest absolute Gasteiger partial charge is 0.317 e. The Balaban J connectivity index is 0.00000225. The highest BCUT2D eigenvalue weighted by Gasteiger charge is 2.31. The lowest BCUT2D eigenvalue weighted by atomic mass is 9.71. The zero-order valence-corrected chi connectivity index (χ0v) is 16.8. The number of fused-ring (bicyclic) bond motifs is 1. The van der Waals surface area contributed by atoms with Gasteiger partial charge in [-0.15, -0.1) is 12.4 Å². The monoisotopic (exact) mass is 401 g/mol. The van der Waals surface area contributed by atoms with E-state index in [2.05, 4.69) is 47.8 Å². The van der Waals surface area contributed by atoms with Crippen molar-refractivity contribution in [3.8, 4) is 5.75 Å². The second-order valence-electron chi connectivity index (χ2n) is 7.83. The normalized spacial score (nSPS) is 20.7. The summed E-state index contributed by atoms with van der Waals surface area (Å²) < 4.78 is 5.98. The molecule has 0 heterocycles. The van der Waals surface area contributed by atoms with Crippen LogP contribution in [-0.2, 0) is 11.2 Å². The van der Waals surface area contributed by atoms with Gasteiger partial charge in [-0.25, -0.2) is 0 Å². The predicted octanol–water partition coefficient (Wildman–Crippen LogP) is 4.27. The minimum Gasteiger partial charge on any atom is -0.493 e. The fraction of sp³-hybridized carbons (Fsp3) is 0.435. The molecular weight excluding hydrogens is 374 g/mol. The quantitative estimate of drug-likeness (QED) is 0.693. The van der Waals surface area contributed by atoms with Crippen molar-refractivity contribution < 1.29 is 14.6 Å². The van der Waals surface area contributed by atoms with Crippen molar-refractivity contribution in [1.82, 2.24) is 5.32 Å². The van der Waals surface area contributed by atoms with Gasteiger partial charge in [-0.05, 0) is 72.9 Å². The maximum absolute atomic E-state index is 10.9. The molecule has 2 aromatic rings. The van der Waals surface area contributed by atoms with Crippen LogP contribution in [0.25, 0.3) is 0 Å². The first-order chi connectivity index (χ1) is 13.2. The zero-order chi connectivity index (χ0) is 18.6. The highest BCUT2D eigenvalue weighted by molar-refractivity contribution is 5.85. The maximum Gasteiger partial charge on any atom is 0.317 e. The van der Waals surface area contributed by atoms with E-state index >= 15 is 0 Å². The number of carboxylic acid groups (broad SMARTS) is 1. The molecule has 0 amide bonds. The molecule has 0 saturated heterocycles. The molecule has 2 atom stereocenters. The van der Waals surface area contributed by atoms with E-state index in [1.165, 1.54) is 29.5 Å². The Morgan fingerprint density at radius 2 is 1.89 bits per heavy atom. The van der Waals surface area contributed by atoms with Crippen molar-refractivity contribution in [2.45, 2.75) is 31.6 Å². The summed E-state index contributed by atoms with van der Waals surface area (Å²) in [5, 5.41) is 12.0. The Morgan fingerprint density at radius 1 is 1.11 bits per heavy atom. The molecule has 4 rings (SSSR count). The molecule has 2 aliphatic carbocycles. The molecule has 150 valence electrons. The third-order valence-electron chi connectivity index (χ3n) is 5.73. The summed E-state index contributed by atoms with van der Waals surface area (Å²) in [5.74, 6) is 1.60. The van der Waals surface area contributed by atoms with E-state index < -0.39 is 5.97 Å². The van der Waals surface area contributed by atoms with Crippen LogP contribution < -0.4 is 10.1 Å².